The molecule has 3 rings (SSSR count). The molecular formula is C23H18F6O. The molecule has 0 unspecified atom stereocenters. The van der Waals surface area contributed by atoms with Crippen LogP contribution in [-0.4, -0.2) is 5.78 Å². The second kappa shape index (κ2) is 8.50. The maximum absolute atomic E-state index is 12.9. The lowest BCUT2D eigenvalue weighted by atomic mass is 9.97. The Morgan fingerprint density at radius 1 is 0.600 bits per heavy atom. The third-order valence-corrected chi connectivity index (χ3v) is 4.88. The van der Waals surface area contributed by atoms with Gasteiger partial charge in [-0.3, -0.25) is 4.79 Å². The summed E-state index contributed by atoms with van der Waals surface area (Å²) in [4.78, 5) is 12.9. The number of allylic oxidation sites excluding steroid dienone is 2. The fourth-order valence-corrected chi connectivity index (χ4v) is 3.28. The number of rotatable bonds is 2. The smallest absolute Gasteiger partial charge is 0.289 e. The molecule has 158 valence electrons. The van der Waals surface area contributed by atoms with Gasteiger partial charge in [0.2, 0.25) is 0 Å². The lowest BCUT2D eigenvalue weighted by Gasteiger charge is -2.09. The molecule has 2 aromatic carbocycles. The SMILES string of the molecule is O=C1/C(=C\c2ccc(C(F)(F)F)cc2)CCCC/C1=C\c1ccc(C(F)(F)F)cc1. The molecule has 1 saturated carbocycles. The largest absolute Gasteiger partial charge is 0.416 e. The number of hydrogen-bond donors (Lipinski definition) is 0. The third kappa shape index (κ3) is 5.40. The molecule has 0 saturated heterocycles. The summed E-state index contributed by atoms with van der Waals surface area (Å²) in [5.41, 5.74) is 0.402. The number of alkyl halides is 6. The summed E-state index contributed by atoms with van der Waals surface area (Å²) in [5.74, 6) is -0.229. The van der Waals surface area contributed by atoms with E-state index in [0.717, 1.165) is 37.1 Å². The van der Waals surface area contributed by atoms with Gasteiger partial charge >= 0.3 is 12.4 Å². The van der Waals surface area contributed by atoms with Crippen LogP contribution in [0.4, 0.5) is 26.3 Å². The van der Waals surface area contributed by atoms with Crippen LogP contribution in [0.1, 0.15) is 47.9 Å². The first-order valence-electron chi connectivity index (χ1n) is 9.34. The van der Waals surface area contributed by atoms with Gasteiger partial charge in [-0.2, -0.15) is 26.3 Å². The molecule has 0 heterocycles. The second-order valence-corrected chi connectivity index (χ2v) is 7.11. The van der Waals surface area contributed by atoms with E-state index in [4.69, 9.17) is 0 Å². The van der Waals surface area contributed by atoms with Gasteiger partial charge < -0.3 is 0 Å². The van der Waals surface area contributed by atoms with Crippen molar-refractivity contribution in [2.75, 3.05) is 0 Å². The summed E-state index contributed by atoms with van der Waals surface area (Å²) < 4.78 is 76.2. The van der Waals surface area contributed by atoms with Crippen LogP contribution in [0.25, 0.3) is 12.2 Å². The second-order valence-electron chi connectivity index (χ2n) is 7.11. The molecule has 1 fully saturated rings. The Bertz CT molecular complexity index is 881. The topological polar surface area (TPSA) is 17.1 Å². The Balaban J connectivity index is 1.85. The minimum absolute atomic E-state index is 0.229. The van der Waals surface area contributed by atoms with Crippen molar-refractivity contribution in [3.8, 4) is 0 Å². The van der Waals surface area contributed by atoms with Gasteiger partial charge in [0.15, 0.2) is 5.78 Å². The van der Waals surface area contributed by atoms with Gasteiger partial charge in [0.05, 0.1) is 11.1 Å². The normalized spacial score (nSPS) is 18.7. The van der Waals surface area contributed by atoms with Crippen molar-refractivity contribution >= 4 is 17.9 Å². The molecule has 1 aliphatic rings. The van der Waals surface area contributed by atoms with Crippen molar-refractivity contribution < 1.29 is 31.1 Å². The predicted octanol–water partition coefficient (Wildman–Crippen LogP) is 7.33. The zero-order valence-corrected chi connectivity index (χ0v) is 15.8. The van der Waals surface area contributed by atoms with Gasteiger partial charge in [-0.15, -0.1) is 0 Å². The quantitative estimate of drug-likeness (QED) is 0.280. The van der Waals surface area contributed by atoms with Gasteiger partial charge in [-0.05, 0) is 73.2 Å². The van der Waals surface area contributed by atoms with E-state index in [0.29, 0.717) is 35.1 Å². The highest BCUT2D eigenvalue weighted by Gasteiger charge is 2.30. The van der Waals surface area contributed by atoms with E-state index in [1.54, 1.807) is 12.2 Å². The Morgan fingerprint density at radius 3 is 1.23 bits per heavy atom. The van der Waals surface area contributed by atoms with E-state index in [1.807, 2.05) is 0 Å². The number of hydrogen-bond acceptors (Lipinski definition) is 1. The summed E-state index contributed by atoms with van der Waals surface area (Å²) in [6.07, 6.45) is -3.24. The summed E-state index contributed by atoms with van der Waals surface area (Å²) >= 11 is 0. The van der Waals surface area contributed by atoms with Crippen molar-refractivity contribution in [1.29, 1.82) is 0 Å². The van der Waals surface area contributed by atoms with Crippen LogP contribution in [0.2, 0.25) is 0 Å². The molecule has 0 aliphatic heterocycles. The summed E-state index contributed by atoms with van der Waals surface area (Å²) in [5, 5.41) is 0. The first-order chi connectivity index (χ1) is 14.0. The fraction of sp³-hybridized carbons (Fsp3) is 0.261. The zero-order valence-electron chi connectivity index (χ0n) is 15.8. The molecule has 0 bridgehead atoms. The number of halogens is 6. The maximum Gasteiger partial charge on any atom is 0.416 e. The highest BCUT2D eigenvalue weighted by molar-refractivity contribution is 6.13. The standard InChI is InChI=1S/C23H18F6O/c24-22(25,26)19-9-5-15(6-10-19)13-17-3-1-2-4-18(21(17)30)14-16-7-11-20(12-8-16)23(27,28)29/h5-14H,1-4H2/b17-13-,18-14+. The third-order valence-electron chi connectivity index (χ3n) is 4.88. The monoisotopic (exact) mass is 424 g/mol. The number of benzene rings is 2. The predicted molar refractivity (Wildman–Crippen MR) is 102 cm³/mol. The minimum Gasteiger partial charge on any atom is -0.289 e. The minimum atomic E-state index is -4.43. The molecule has 1 aliphatic carbocycles. The highest BCUT2D eigenvalue weighted by atomic mass is 19.4. The van der Waals surface area contributed by atoms with Gasteiger partial charge in [0, 0.05) is 11.1 Å². The molecule has 0 N–H and O–H groups in total. The lowest BCUT2D eigenvalue weighted by Crippen LogP contribution is -2.05. The molecule has 1 nitrogen and oxygen atoms in total. The van der Waals surface area contributed by atoms with Crippen molar-refractivity contribution in [3.05, 3.63) is 81.9 Å². The number of carbonyl (C=O) groups is 1. The van der Waals surface area contributed by atoms with Crippen molar-refractivity contribution in [3.63, 3.8) is 0 Å². The van der Waals surface area contributed by atoms with Gasteiger partial charge in [0.1, 0.15) is 0 Å². The van der Waals surface area contributed by atoms with E-state index >= 15 is 0 Å². The summed E-state index contributed by atoms with van der Waals surface area (Å²) in [6.45, 7) is 0. The summed E-state index contributed by atoms with van der Waals surface area (Å²) in [7, 11) is 0. The van der Waals surface area contributed by atoms with Crippen LogP contribution in [0.5, 0.6) is 0 Å². The number of ketones is 1. The first kappa shape index (κ1) is 21.9. The maximum atomic E-state index is 12.9. The van der Waals surface area contributed by atoms with Gasteiger partial charge in [-0.25, -0.2) is 0 Å². The molecule has 0 aromatic heterocycles. The molecule has 0 radical (unpaired) electrons. The average Bonchev–Trinajstić information content (AvgIpc) is 2.84. The van der Waals surface area contributed by atoms with E-state index in [1.165, 1.54) is 24.3 Å². The Labute approximate surface area is 169 Å². The van der Waals surface area contributed by atoms with E-state index in [-0.39, 0.29) is 5.78 Å². The van der Waals surface area contributed by atoms with Crippen LogP contribution in [0, 0.1) is 0 Å². The molecule has 30 heavy (non-hydrogen) atoms. The van der Waals surface area contributed by atoms with E-state index < -0.39 is 23.5 Å². The first-order valence-corrected chi connectivity index (χ1v) is 9.34. The molecule has 0 amide bonds. The summed E-state index contributed by atoms with van der Waals surface area (Å²) in [6, 6.07) is 9.11. The number of carbonyl (C=O) groups excluding carboxylic acids is 1. The van der Waals surface area contributed by atoms with Crippen LogP contribution in [-0.2, 0) is 17.1 Å². The molecule has 7 heteroatoms. The number of Topliss-reactive ketones (excluding diaryl/α,β-unsaturated/α-hetero) is 1. The molecule has 0 spiro atoms. The van der Waals surface area contributed by atoms with Gasteiger partial charge in [0.25, 0.3) is 0 Å². The van der Waals surface area contributed by atoms with Crippen LogP contribution < -0.4 is 0 Å². The fourth-order valence-electron chi connectivity index (χ4n) is 3.28. The molecule has 0 atom stereocenters. The average molecular weight is 424 g/mol. The molecule has 2 aromatic rings. The Kier molecular flexibility index (Phi) is 6.19. The van der Waals surface area contributed by atoms with Crippen LogP contribution in [0.15, 0.2) is 59.7 Å². The van der Waals surface area contributed by atoms with E-state index in [2.05, 4.69) is 0 Å². The van der Waals surface area contributed by atoms with Crippen molar-refractivity contribution in [2.24, 2.45) is 0 Å². The Morgan fingerprint density at radius 2 is 0.933 bits per heavy atom. The van der Waals surface area contributed by atoms with Crippen molar-refractivity contribution in [2.45, 2.75) is 38.0 Å². The highest BCUT2D eigenvalue weighted by Crippen LogP contribution is 2.32. The van der Waals surface area contributed by atoms with Gasteiger partial charge in [-0.1, -0.05) is 24.3 Å². The Hall–Kier alpha value is -2.83. The van der Waals surface area contributed by atoms with E-state index in [9.17, 15) is 31.1 Å². The zero-order chi connectivity index (χ0) is 21.9. The van der Waals surface area contributed by atoms with Crippen molar-refractivity contribution in [1.82, 2.24) is 0 Å². The molecular weight excluding hydrogens is 406 g/mol. The van der Waals surface area contributed by atoms with Crippen LogP contribution in [0.3, 0.4) is 0 Å². The van der Waals surface area contributed by atoms with Crippen LogP contribution >= 0.6 is 0 Å². The lowest BCUT2D eigenvalue weighted by molar-refractivity contribution is -0.138.